The monoisotopic (exact) mass is 466 g/mol. The number of hydrogen-bond donors (Lipinski definition) is 2. The van der Waals surface area contributed by atoms with Gasteiger partial charge in [0, 0.05) is 12.5 Å². The molecular formula is C26H30N2O4S. The Kier molecular flexibility index (Phi) is 8.25. The Morgan fingerprint density at radius 3 is 2.06 bits per heavy atom. The molecule has 0 aliphatic carbocycles. The van der Waals surface area contributed by atoms with Crippen LogP contribution in [0.15, 0.2) is 83.8 Å². The number of rotatable bonds is 10. The van der Waals surface area contributed by atoms with Crippen LogP contribution < -0.4 is 14.8 Å². The quantitative estimate of drug-likeness (QED) is 0.459. The third-order valence-electron chi connectivity index (χ3n) is 5.50. The van der Waals surface area contributed by atoms with Crippen molar-refractivity contribution in [1.29, 1.82) is 0 Å². The summed E-state index contributed by atoms with van der Waals surface area (Å²) < 4.78 is 33.3. The Hall–Kier alpha value is -3.16. The molecule has 0 radical (unpaired) electrons. The van der Waals surface area contributed by atoms with Gasteiger partial charge in [0.15, 0.2) is 0 Å². The Bertz CT molecular complexity index is 1150. The average molecular weight is 467 g/mol. The molecule has 1 amide bonds. The smallest absolute Gasteiger partial charge is 0.241 e. The largest absolute Gasteiger partial charge is 0.497 e. The Morgan fingerprint density at radius 1 is 0.848 bits per heavy atom. The maximum Gasteiger partial charge on any atom is 0.241 e. The van der Waals surface area contributed by atoms with Crippen LogP contribution in [0.3, 0.4) is 0 Å². The van der Waals surface area contributed by atoms with Crippen LogP contribution in [0, 0.1) is 0 Å². The molecule has 2 N–H and O–H groups in total. The van der Waals surface area contributed by atoms with Crippen LogP contribution in [-0.2, 0) is 21.2 Å². The van der Waals surface area contributed by atoms with E-state index in [0.717, 1.165) is 22.4 Å². The molecule has 2 atom stereocenters. The highest BCUT2D eigenvalue weighted by atomic mass is 32.2. The van der Waals surface area contributed by atoms with E-state index in [9.17, 15) is 13.2 Å². The van der Waals surface area contributed by atoms with Crippen molar-refractivity contribution in [2.24, 2.45) is 0 Å². The lowest BCUT2D eigenvalue weighted by molar-refractivity contribution is -0.121. The third-order valence-corrected chi connectivity index (χ3v) is 7.06. The number of carbonyl (C=O) groups is 1. The number of aryl methyl sites for hydroxylation is 1. The van der Waals surface area contributed by atoms with Gasteiger partial charge < -0.3 is 10.1 Å². The Morgan fingerprint density at radius 2 is 1.45 bits per heavy atom. The zero-order valence-corrected chi connectivity index (χ0v) is 19.9. The van der Waals surface area contributed by atoms with Crippen LogP contribution in [-0.4, -0.2) is 21.4 Å². The van der Waals surface area contributed by atoms with Crippen LogP contribution in [0.25, 0.3) is 0 Å². The molecule has 3 aromatic rings. The summed E-state index contributed by atoms with van der Waals surface area (Å²) in [5.74, 6) is 0.709. The number of ether oxygens (including phenoxy) is 1. The van der Waals surface area contributed by atoms with E-state index >= 15 is 0 Å². The molecule has 0 bridgehead atoms. The van der Waals surface area contributed by atoms with Crippen molar-refractivity contribution in [3.8, 4) is 5.75 Å². The summed E-state index contributed by atoms with van der Waals surface area (Å²) in [6.07, 6.45) is 0.839. The molecule has 0 fully saturated rings. The number of sulfonamides is 1. The molecule has 0 saturated heterocycles. The van der Waals surface area contributed by atoms with E-state index in [-0.39, 0.29) is 22.9 Å². The molecule has 0 spiro atoms. The zero-order valence-electron chi connectivity index (χ0n) is 19.1. The maximum absolute atomic E-state index is 12.7. The molecule has 0 aliphatic rings. The van der Waals surface area contributed by atoms with Gasteiger partial charge in [0.2, 0.25) is 15.9 Å². The molecule has 2 unspecified atom stereocenters. The molecule has 3 rings (SSSR count). The van der Waals surface area contributed by atoms with Gasteiger partial charge in [0.25, 0.3) is 0 Å². The van der Waals surface area contributed by atoms with Gasteiger partial charge in [-0.05, 0) is 61.2 Å². The van der Waals surface area contributed by atoms with Crippen molar-refractivity contribution in [3.63, 3.8) is 0 Å². The van der Waals surface area contributed by atoms with E-state index in [4.69, 9.17) is 4.74 Å². The van der Waals surface area contributed by atoms with Gasteiger partial charge in [-0.3, -0.25) is 4.79 Å². The highest BCUT2D eigenvalue weighted by Gasteiger charge is 2.18. The second-order valence-electron chi connectivity index (χ2n) is 7.96. The molecule has 0 aromatic heterocycles. The van der Waals surface area contributed by atoms with Crippen molar-refractivity contribution < 1.29 is 17.9 Å². The lowest BCUT2D eigenvalue weighted by Crippen LogP contribution is -2.27. The molecule has 7 heteroatoms. The van der Waals surface area contributed by atoms with E-state index < -0.39 is 10.0 Å². The summed E-state index contributed by atoms with van der Waals surface area (Å²) in [4.78, 5) is 12.6. The lowest BCUT2D eigenvalue weighted by atomic mass is 10.1. The van der Waals surface area contributed by atoms with Crippen molar-refractivity contribution >= 4 is 15.9 Å². The average Bonchev–Trinajstić information content (AvgIpc) is 2.83. The van der Waals surface area contributed by atoms with Crippen LogP contribution in [0.1, 0.15) is 49.0 Å². The standard InChI is InChI=1S/C26H30N2O4S/c1-19(23-12-14-24(32-3)15-13-23)27-26(29)18-11-21-9-16-25(17-10-21)33(30,31)28-20(2)22-7-5-4-6-8-22/h4-10,12-17,19-20,28H,11,18H2,1-3H3,(H,27,29). The van der Waals surface area contributed by atoms with E-state index in [1.807, 2.05) is 68.4 Å². The highest BCUT2D eigenvalue weighted by molar-refractivity contribution is 7.89. The van der Waals surface area contributed by atoms with Gasteiger partial charge in [-0.2, -0.15) is 0 Å². The number of hydrogen-bond acceptors (Lipinski definition) is 4. The van der Waals surface area contributed by atoms with Crippen molar-refractivity contribution in [3.05, 3.63) is 95.6 Å². The first-order chi connectivity index (χ1) is 15.8. The van der Waals surface area contributed by atoms with Crippen LogP contribution in [0.4, 0.5) is 0 Å². The van der Waals surface area contributed by atoms with E-state index in [1.54, 1.807) is 31.4 Å². The van der Waals surface area contributed by atoms with Gasteiger partial charge in [0.1, 0.15) is 5.75 Å². The number of methoxy groups -OCH3 is 1. The SMILES string of the molecule is COc1ccc(C(C)NC(=O)CCc2ccc(S(=O)(=O)NC(C)c3ccccc3)cc2)cc1. The first-order valence-electron chi connectivity index (χ1n) is 10.9. The minimum Gasteiger partial charge on any atom is -0.497 e. The molecule has 6 nitrogen and oxygen atoms in total. The van der Waals surface area contributed by atoms with Gasteiger partial charge in [-0.15, -0.1) is 0 Å². The summed E-state index contributed by atoms with van der Waals surface area (Å²) in [5.41, 5.74) is 2.79. The van der Waals surface area contributed by atoms with E-state index in [0.29, 0.717) is 12.8 Å². The van der Waals surface area contributed by atoms with Crippen molar-refractivity contribution in [1.82, 2.24) is 10.0 Å². The zero-order chi connectivity index (χ0) is 23.8. The van der Waals surface area contributed by atoms with Gasteiger partial charge in [0.05, 0.1) is 18.0 Å². The Balaban J connectivity index is 1.52. The second kappa shape index (κ2) is 11.1. The number of carbonyl (C=O) groups excluding carboxylic acids is 1. The van der Waals surface area contributed by atoms with Gasteiger partial charge in [-0.25, -0.2) is 13.1 Å². The second-order valence-corrected chi connectivity index (χ2v) is 9.67. The fourth-order valence-electron chi connectivity index (χ4n) is 3.49. The molecule has 3 aromatic carbocycles. The summed E-state index contributed by atoms with van der Waals surface area (Å²) in [7, 11) is -2.03. The minimum atomic E-state index is -3.65. The lowest BCUT2D eigenvalue weighted by Gasteiger charge is -2.15. The summed E-state index contributed by atoms with van der Waals surface area (Å²) in [5, 5.41) is 2.99. The summed E-state index contributed by atoms with van der Waals surface area (Å²) >= 11 is 0. The molecule has 0 saturated carbocycles. The van der Waals surface area contributed by atoms with Crippen molar-refractivity contribution in [2.75, 3.05) is 7.11 Å². The first-order valence-corrected chi connectivity index (χ1v) is 12.4. The highest BCUT2D eigenvalue weighted by Crippen LogP contribution is 2.19. The number of benzene rings is 3. The van der Waals surface area contributed by atoms with Gasteiger partial charge >= 0.3 is 0 Å². The number of nitrogens with one attached hydrogen (secondary N) is 2. The third kappa shape index (κ3) is 6.91. The summed E-state index contributed by atoms with van der Waals surface area (Å²) in [6, 6.07) is 23.2. The van der Waals surface area contributed by atoms with E-state index in [1.165, 1.54) is 0 Å². The van der Waals surface area contributed by atoms with Gasteiger partial charge in [-0.1, -0.05) is 54.6 Å². The fourth-order valence-corrected chi connectivity index (χ4v) is 4.73. The maximum atomic E-state index is 12.7. The molecule has 0 aliphatic heterocycles. The topological polar surface area (TPSA) is 84.5 Å². The van der Waals surface area contributed by atoms with E-state index in [2.05, 4.69) is 10.0 Å². The fraction of sp³-hybridized carbons (Fsp3) is 0.269. The first kappa shape index (κ1) is 24.5. The Labute approximate surface area is 196 Å². The molecular weight excluding hydrogens is 436 g/mol. The molecule has 174 valence electrons. The normalized spacial score (nSPS) is 13.2. The number of amides is 1. The molecule has 33 heavy (non-hydrogen) atoms. The van der Waals surface area contributed by atoms with Crippen LogP contribution in [0.2, 0.25) is 0 Å². The summed E-state index contributed by atoms with van der Waals surface area (Å²) in [6.45, 7) is 3.75. The van der Waals surface area contributed by atoms with Crippen LogP contribution in [0.5, 0.6) is 5.75 Å². The predicted octanol–water partition coefficient (Wildman–Crippen LogP) is 4.54. The predicted molar refractivity (Wildman–Crippen MR) is 129 cm³/mol. The van der Waals surface area contributed by atoms with Crippen LogP contribution >= 0.6 is 0 Å². The van der Waals surface area contributed by atoms with Crippen molar-refractivity contribution in [2.45, 2.75) is 43.7 Å². The minimum absolute atomic E-state index is 0.0617. The molecule has 0 heterocycles.